The molecule has 0 heterocycles. The molecule has 0 bridgehead atoms. The van der Waals surface area contributed by atoms with Gasteiger partial charge in [0.25, 0.3) is 0 Å². The van der Waals surface area contributed by atoms with Gasteiger partial charge in [-0.05, 0) is 42.9 Å². The summed E-state index contributed by atoms with van der Waals surface area (Å²) in [5.41, 5.74) is -0.142. The molecule has 3 atom stereocenters. The van der Waals surface area contributed by atoms with Gasteiger partial charge in [0.05, 0.1) is 18.6 Å². The number of aliphatic hydroxyl groups excluding tert-OH is 1. The molecule has 1 saturated carbocycles. The number of hydrogen-bond donors (Lipinski definition) is 2. The summed E-state index contributed by atoms with van der Waals surface area (Å²) in [6.45, 7) is 1.98. The van der Waals surface area contributed by atoms with Crippen LogP contribution in [0.25, 0.3) is 0 Å². The molecule has 2 N–H and O–H groups in total. The number of carbonyl (C=O) groups is 1. The Balaban J connectivity index is 1.98. The van der Waals surface area contributed by atoms with E-state index in [0.717, 1.165) is 12.8 Å². The lowest BCUT2D eigenvalue weighted by Gasteiger charge is -2.27. The van der Waals surface area contributed by atoms with Crippen LogP contribution in [0.15, 0.2) is 24.3 Å². The highest BCUT2D eigenvalue weighted by atomic mass is 35.5. The summed E-state index contributed by atoms with van der Waals surface area (Å²) in [6.07, 6.45) is 1.60. The molecule has 0 aromatic heterocycles. The van der Waals surface area contributed by atoms with Crippen molar-refractivity contribution in [3.8, 4) is 6.07 Å². The van der Waals surface area contributed by atoms with E-state index in [1.54, 1.807) is 24.3 Å². The molecule has 21 heavy (non-hydrogen) atoms. The molecule has 1 aromatic carbocycles. The number of benzene rings is 1. The Morgan fingerprint density at radius 1 is 1.57 bits per heavy atom. The van der Waals surface area contributed by atoms with E-state index in [9.17, 15) is 15.2 Å². The SMILES string of the molecule is CC1CCCC1(C#N)NC(=O)CC(O)c1ccc(Cl)cc1. The van der Waals surface area contributed by atoms with E-state index in [1.165, 1.54) is 0 Å². The standard InChI is InChI=1S/C16H19ClN2O2/c1-11-3-2-8-16(11,10-18)19-15(21)9-14(20)12-4-6-13(17)7-5-12/h4-7,11,14,20H,2-3,8-9H2,1H3,(H,19,21). The van der Waals surface area contributed by atoms with Crippen LogP contribution in [0.4, 0.5) is 0 Å². The highest BCUT2D eigenvalue weighted by Crippen LogP contribution is 2.35. The van der Waals surface area contributed by atoms with Crippen molar-refractivity contribution >= 4 is 17.5 Å². The van der Waals surface area contributed by atoms with Crippen LogP contribution in [-0.2, 0) is 4.79 Å². The smallest absolute Gasteiger partial charge is 0.224 e. The minimum Gasteiger partial charge on any atom is -0.388 e. The van der Waals surface area contributed by atoms with Crippen LogP contribution in [0, 0.1) is 17.2 Å². The number of nitrogens with one attached hydrogen (secondary N) is 1. The third-order valence-electron chi connectivity index (χ3n) is 4.25. The predicted molar refractivity (Wildman–Crippen MR) is 80.5 cm³/mol. The number of rotatable bonds is 4. The van der Waals surface area contributed by atoms with Crippen LogP contribution in [0.3, 0.4) is 0 Å². The van der Waals surface area contributed by atoms with Crippen molar-refractivity contribution < 1.29 is 9.90 Å². The Morgan fingerprint density at radius 2 is 2.24 bits per heavy atom. The molecule has 1 aromatic rings. The van der Waals surface area contributed by atoms with E-state index in [-0.39, 0.29) is 18.2 Å². The molecule has 3 unspecified atom stereocenters. The number of halogens is 1. The summed E-state index contributed by atoms with van der Waals surface area (Å²) in [7, 11) is 0. The Hall–Kier alpha value is -1.57. The second-order valence-electron chi connectivity index (χ2n) is 5.70. The molecule has 2 rings (SSSR count). The first kappa shape index (κ1) is 15.8. The molecule has 1 amide bonds. The van der Waals surface area contributed by atoms with Gasteiger partial charge in [0.15, 0.2) is 0 Å². The molecule has 0 aliphatic heterocycles. The monoisotopic (exact) mass is 306 g/mol. The van der Waals surface area contributed by atoms with Gasteiger partial charge in [0.2, 0.25) is 5.91 Å². The van der Waals surface area contributed by atoms with Crippen LogP contribution in [0.1, 0.15) is 44.3 Å². The second-order valence-corrected chi connectivity index (χ2v) is 6.13. The zero-order valence-corrected chi connectivity index (χ0v) is 12.7. The van der Waals surface area contributed by atoms with E-state index in [4.69, 9.17) is 11.6 Å². The molecule has 1 fully saturated rings. The maximum absolute atomic E-state index is 12.1. The average molecular weight is 307 g/mol. The lowest BCUT2D eigenvalue weighted by atomic mass is 9.89. The lowest BCUT2D eigenvalue weighted by Crippen LogP contribution is -2.49. The van der Waals surface area contributed by atoms with Gasteiger partial charge in [-0.2, -0.15) is 5.26 Å². The van der Waals surface area contributed by atoms with E-state index in [0.29, 0.717) is 17.0 Å². The number of hydrogen-bond acceptors (Lipinski definition) is 3. The van der Waals surface area contributed by atoms with Crippen molar-refractivity contribution in [2.45, 2.75) is 44.2 Å². The van der Waals surface area contributed by atoms with Gasteiger partial charge in [-0.25, -0.2) is 0 Å². The third kappa shape index (κ3) is 3.55. The summed E-state index contributed by atoms with van der Waals surface area (Å²) in [5, 5.41) is 22.9. The molecular weight excluding hydrogens is 288 g/mol. The van der Waals surface area contributed by atoms with Crippen molar-refractivity contribution in [2.24, 2.45) is 5.92 Å². The molecule has 0 spiro atoms. The fourth-order valence-electron chi connectivity index (χ4n) is 2.84. The number of nitrogens with zero attached hydrogens (tertiary/aromatic N) is 1. The average Bonchev–Trinajstić information content (AvgIpc) is 2.81. The van der Waals surface area contributed by atoms with Crippen LogP contribution in [-0.4, -0.2) is 16.6 Å². The van der Waals surface area contributed by atoms with Crippen molar-refractivity contribution in [3.05, 3.63) is 34.9 Å². The number of nitriles is 1. The number of aliphatic hydroxyl groups is 1. The number of carbonyl (C=O) groups excluding carboxylic acids is 1. The summed E-state index contributed by atoms with van der Waals surface area (Å²) in [6, 6.07) is 8.98. The van der Waals surface area contributed by atoms with Crippen molar-refractivity contribution in [1.29, 1.82) is 5.26 Å². The Bertz CT molecular complexity index is 552. The molecule has 5 heteroatoms. The molecule has 1 aliphatic carbocycles. The third-order valence-corrected chi connectivity index (χ3v) is 4.50. The zero-order chi connectivity index (χ0) is 15.5. The van der Waals surface area contributed by atoms with Gasteiger partial charge >= 0.3 is 0 Å². The van der Waals surface area contributed by atoms with Crippen LogP contribution >= 0.6 is 11.6 Å². The maximum Gasteiger partial charge on any atom is 0.224 e. The summed E-state index contributed by atoms with van der Waals surface area (Å²) in [5.74, 6) is -0.160. The summed E-state index contributed by atoms with van der Waals surface area (Å²) < 4.78 is 0. The van der Waals surface area contributed by atoms with E-state index >= 15 is 0 Å². The first-order valence-corrected chi connectivity index (χ1v) is 7.50. The Kier molecular flexibility index (Phi) is 4.87. The van der Waals surface area contributed by atoms with Gasteiger partial charge in [-0.15, -0.1) is 0 Å². The largest absolute Gasteiger partial charge is 0.388 e. The number of amides is 1. The first-order chi connectivity index (χ1) is 9.97. The van der Waals surface area contributed by atoms with Gasteiger partial charge in [0, 0.05) is 5.02 Å². The second kappa shape index (κ2) is 6.46. The van der Waals surface area contributed by atoms with E-state index < -0.39 is 11.6 Å². The van der Waals surface area contributed by atoms with Gasteiger partial charge in [-0.1, -0.05) is 30.7 Å². The van der Waals surface area contributed by atoms with E-state index in [2.05, 4.69) is 11.4 Å². The molecule has 4 nitrogen and oxygen atoms in total. The fraction of sp³-hybridized carbons (Fsp3) is 0.500. The Labute approximate surface area is 129 Å². The Morgan fingerprint density at radius 3 is 2.76 bits per heavy atom. The van der Waals surface area contributed by atoms with Crippen molar-refractivity contribution in [1.82, 2.24) is 5.32 Å². The first-order valence-electron chi connectivity index (χ1n) is 7.12. The van der Waals surface area contributed by atoms with Crippen molar-refractivity contribution in [3.63, 3.8) is 0 Å². The fourth-order valence-corrected chi connectivity index (χ4v) is 2.96. The summed E-state index contributed by atoms with van der Waals surface area (Å²) in [4.78, 5) is 12.1. The van der Waals surface area contributed by atoms with Crippen LogP contribution < -0.4 is 5.32 Å². The minimum atomic E-state index is -0.894. The normalized spacial score (nSPS) is 26.1. The quantitative estimate of drug-likeness (QED) is 0.898. The van der Waals surface area contributed by atoms with Crippen LogP contribution in [0.5, 0.6) is 0 Å². The summed E-state index contributed by atoms with van der Waals surface area (Å²) >= 11 is 5.79. The van der Waals surface area contributed by atoms with E-state index in [1.807, 2.05) is 6.92 Å². The highest BCUT2D eigenvalue weighted by Gasteiger charge is 2.41. The lowest BCUT2D eigenvalue weighted by molar-refractivity contribution is -0.124. The van der Waals surface area contributed by atoms with Gasteiger partial charge in [-0.3, -0.25) is 4.79 Å². The molecule has 1 aliphatic rings. The van der Waals surface area contributed by atoms with Crippen LogP contribution in [0.2, 0.25) is 5.02 Å². The predicted octanol–water partition coefficient (Wildman–Crippen LogP) is 2.96. The van der Waals surface area contributed by atoms with Crippen molar-refractivity contribution in [2.75, 3.05) is 0 Å². The molecule has 0 radical (unpaired) electrons. The van der Waals surface area contributed by atoms with Gasteiger partial charge in [0.1, 0.15) is 5.54 Å². The van der Waals surface area contributed by atoms with Gasteiger partial charge < -0.3 is 10.4 Å². The topological polar surface area (TPSA) is 73.1 Å². The minimum absolute atomic E-state index is 0.0578. The maximum atomic E-state index is 12.1. The molecular formula is C16H19ClN2O2. The molecule has 112 valence electrons. The molecule has 0 saturated heterocycles. The zero-order valence-electron chi connectivity index (χ0n) is 12.0. The highest BCUT2D eigenvalue weighted by molar-refractivity contribution is 6.30.